The molecule has 0 saturated heterocycles. The molecule has 0 radical (unpaired) electrons. The lowest BCUT2D eigenvalue weighted by molar-refractivity contribution is -0.0468. The Morgan fingerprint density at radius 3 is 2.40 bits per heavy atom. The number of nitrogens with zero attached hydrogens (tertiary/aromatic N) is 1. The lowest BCUT2D eigenvalue weighted by atomic mass is 10.1. The minimum absolute atomic E-state index is 0.192. The quantitative estimate of drug-likeness (QED) is 0.850. The Hall–Kier alpha value is -2.48. The van der Waals surface area contributed by atoms with Crippen LogP contribution in [-0.2, 0) is 5.92 Å². The van der Waals surface area contributed by atoms with Crippen LogP contribution in [0.3, 0.4) is 0 Å². The summed E-state index contributed by atoms with van der Waals surface area (Å²) in [5.41, 5.74) is -0.578. The molecule has 0 heterocycles. The Kier molecular flexibility index (Phi) is 3.94. The summed E-state index contributed by atoms with van der Waals surface area (Å²) in [7, 11) is 0. The average molecular weight is 277 g/mol. The molecule has 0 spiro atoms. The molecule has 0 aliphatic carbocycles. The molecular weight excluding hydrogens is 267 g/mol. The van der Waals surface area contributed by atoms with Crippen LogP contribution >= 0.6 is 0 Å². The fourth-order valence-corrected chi connectivity index (χ4v) is 1.67. The third kappa shape index (κ3) is 2.91. The van der Waals surface area contributed by atoms with Crippen molar-refractivity contribution < 1.29 is 17.9 Å². The summed E-state index contributed by atoms with van der Waals surface area (Å²) < 4.78 is 46.0. The molecule has 2 aromatic rings. The van der Waals surface area contributed by atoms with Crippen LogP contribution in [0.1, 0.15) is 11.1 Å². The average Bonchev–Trinajstić information content (AvgIpc) is 2.46. The first-order valence-electron chi connectivity index (χ1n) is 5.79. The van der Waals surface area contributed by atoms with Gasteiger partial charge in [0.2, 0.25) is 0 Å². The molecule has 0 amide bonds. The van der Waals surface area contributed by atoms with Crippen molar-refractivity contribution >= 4 is 0 Å². The first-order chi connectivity index (χ1) is 9.54. The maximum absolute atomic E-state index is 13.9. The van der Waals surface area contributed by atoms with E-state index < -0.39 is 18.3 Å². The maximum atomic E-state index is 13.9. The highest BCUT2D eigenvalue weighted by molar-refractivity contribution is 5.43. The van der Waals surface area contributed by atoms with E-state index in [2.05, 4.69) is 0 Å². The van der Waals surface area contributed by atoms with Crippen molar-refractivity contribution in [1.82, 2.24) is 0 Å². The first-order valence-corrected chi connectivity index (χ1v) is 5.79. The van der Waals surface area contributed by atoms with Gasteiger partial charge in [0.1, 0.15) is 23.2 Å². The summed E-state index contributed by atoms with van der Waals surface area (Å²) in [4.78, 5) is 0. The molecule has 0 unspecified atom stereocenters. The van der Waals surface area contributed by atoms with Crippen LogP contribution in [0.5, 0.6) is 5.75 Å². The third-order valence-electron chi connectivity index (χ3n) is 2.69. The van der Waals surface area contributed by atoms with Crippen LogP contribution < -0.4 is 4.74 Å². The molecule has 0 aliphatic rings. The van der Waals surface area contributed by atoms with E-state index in [9.17, 15) is 13.2 Å². The van der Waals surface area contributed by atoms with E-state index in [4.69, 9.17) is 10.00 Å². The van der Waals surface area contributed by atoms with Crippen molar-refractivity contribution in [2.75, 3.05) is 6.61 Å². The molecule has 2 rings (SSSR count). The van der Waals surface area contributed by atoms with Gasteiger partial charge in [-0.15, -0.1) is 0 Å². The zero-order chi connectivity index (χ0) is 14.6. The fourth-order valence-electron chi connectivity index (χ4n) is 1.67. The number of hydrogen-bond donors (Lipinski definition) is 0. The van der Waals surface area contributed by atoms with Crippen molar-refractivity contribution in [1.29, 1.82) is 5.26 Å². The van der Waals surface area contributed by atoms with Gasteiger partial charge in [-0.3, -0.25) is 0 Å². The number of ether oxygens (including phenoxy) is 1. The van der Waals surface area contributed by atoms with Crippen LogP contribution in [0.15, 0.2) is 48.5 Å². The first kappa shape index (κ1) is 13.9. The fraction of sp³-hybridized carbons (Fsp3) is 0.133. The van der Waals surface area contributed by atoms with E-state index in [-0.39, 0.29) is 16.9 Å². The van der Waals surface area contributed by atoms with Gasteiger partial charge < -0.3 is 4.74 Å². The monoisotopic (exact) mass is 277 g/mol. The second-order valence-electron chi connectivity index (χ2n) is 4.08. The molecule has 0 aromatic heterocycles. The normalized spacial score (nSPS) is 10.9. The highest BCUT2D eigenvalue weighted by atomic mass is 19.3. The number of alkyl halides is 2. The molecule has 0 saturated carbocycles. The Morgan fingerprint density at radius 2 is 1.75 bits per heavy atom. The van der Waals surface area contributed by atoms with Gasteiger partial charge in [0.25, 0.3) is 0 Å². The molecule has 0 aliphatic heterocycles. The molecule has 20 heavy (non-hydrogen) atoms. The zero-order valence-electron chi connectivity index (χ0n) is 10.3. The van der Waals surface area contributed by atoms with E-state index >= 15 is 0 Å². The number of benzene rings is 2. The molecule has 0 atom stereocenters. The standard InChI is InChI=1S/C15H10F3NO/c16-13-7-4-8-14(12(13)9-19)20-10-15(17,18)11-5-2-1-3-6-11/h1-8H,10H2. The Balaban J connectivity index is 2.17. The van der Waals surface area contributed by atoms with Gasteiger partial charge in [0.05, 0.1) is 0 Å². The summed E-state index contributed by atoms with van der Waals surface area (Å²) in [6.45, 7) is -0.963. The molecule has 102 valence electrons. The third-order valence-corrected chi connectivity index (χ3v) is 2.69. The second kappa shape index (κ2) is 5.66. The minimum Gasteiger partial charge on any atom is -0.485 e. The molecular formula is C15H10F3NO. The topological polar surface area (TPSA) is 33.0 Å². The highest BCUT2D eigenvalue weighted by Crippen LogP contribution is 2.30. The summed E-state index contributed by atoms with van der Waals surface area (Å²) >= 11 is 0. The SMILES string of the molecule is N#Cc1c(F)cccc1OCC(F)(F)c1ccccc1. The largest absolute Gasteiger partial charge is 0.485 e. The van der Waals surface area contributed by atoms with Crippen LogP contribution in [0.2, 0.25) is 0 Å². The van der Waals surface area contributed by atoms with E-state index in [0.29, 0.717) is 0 Å². The smallest absolute Gasteiger partial charge is 0.306 e. The summed E-state index contributed by atoms with van der Waals surface area (Å²) in [5.74, 6) is -4.21. The molecule has 2 aromatic carbocycles. The lowest BCUT2D eigenvalue weighted by Crippen LogP contribution is -2.23. The van der Waals surface area contributed by atoms with Gasteiger partial charge >= 0.3 is 5.92 Å². The van der Waals surface area contributed by atoms with E-state index in [1.54, 1.807) is 12.1 Å². The predicted molar refractivity (Wildman–Crippen MR) is 66.9 cm³/mol. The van der Waals surface area contributed by atoms with E-state index in [1.807, 2.05) is 0 Å². The lowest BCUT2D eigenvalue weighted by Gasteiger charge is -2.18. The Bertz CT molecular complexity index is 635. The summed E-state index contributed by atoms with van der Waals surface area (Å²) in [5, 5.41) is 8.79. The number of halogens is 3. The van der Waals surface area contributed by atoms with E-state index in [0.717, 1.165) is 6.07 Å². The van der Waals surface area contributed by atoms with Gasteiger partial charge in [0.15, 0.2) is 6.61 Å². The van der Waals surface area contributed by atoms with Gasteiger partial charge in [-0.05, 0) is 12.1 Å². The van der Waals surface area contributed by atoms with Crippen molar-refractivity contribution in [3.05, 3.63) is 65.5 Å². The van der Waals surface area contributed by atoms with Crippen molar-refractivity contribution in [2.24, 2.45) is 0 Å². The van der Waals surface area contributed by atoms with Crippen molar-refractivity contribution in [3.63, 3.8) is 0 Å². The molecule has 5 heteroatoms. The Morgan fingerprint density at radius 1 is 1.05 bits per heavy atom. The minimum atomic E-state index is -3.22. The summed E-state index contributed by atoms with van der Waals surface area (Å²) in [6, 6.07) is 12.4. The number of hydrogen-bond acceptors (Lipinski definition) is 2. The molecule has 0 fully saturated rings. The van der Waals surface area contributed by atoms with Crippen LogP contribution in [0.4, 0.5) is 13.2 Å². The van der Waals surface area contributed by atoms with Gasteiger partial charge in [0, 0.05) is 5.56 Å². The van der Waals surface area contributed by atoms with Crippen molar-refractivity contribution in [2.45, 2.75) is 5.92 Å². The van der Waals surface area contributed by atoms with Gasteiger partial charge in [-0.1, -0.05) is 36.4 Å². The highest BCUT2D eigenvalue weighted by Gasteiger charge is 2.32. The second-order valence-corrected chi connectivity index (χ2v) is 4.08. The van der Waals surface area contributed by atoms with Gasteiger partial charge in [-0.25, -0.2) is 4.39 Å². The summed E-state index contributed by atoms with van der Waals surface area (Å²) in [6.07, 6.45) is 0. The predicted octanol–water partition coefficient (Wildman–Crippen LogP) is 3.87. The van der Waals surface area contributed by atoms with Crippen LogP contribution in [0.25, 0.3) is 0 Å². The zero-order valence-corrected chi connectivity index (χ0v) is 10.3. The molecule has 2 nitrogen and oxygen atoms in total. The Labute approximate surface area is 114 Å². The number of nitriles is 1. The van der Waals surface area contributed by atoms with Crippen LogP contribution in [0, 0.1) is 17.1 Å². The van der Waals surface area contributed by atoms with E-state index in [1.165, 1.54) is 36.4 Å². The van der Waals surface area contributed by atoms with Crippen LogP contribution in [-0.4, -0.2) is 6.61 Å². The van der Waals surface area contributed by atoms with Gasteiger partial charge in [-0.2, -0.15) is 14.0 Å². The maximum Gasteiger partial charge on any atom is 0.306 e. The van der Waals surface area contributed by atoms with Crippen molar-refractivity contribution in [3.8, 4) is 11.8 Å². The molecule has 0 bridgehead atoms. The number of rotatable bonds is 4. The molecule has 0 N–H and O–H groups in total.